The molecule has 1 aromatic carbocycles. The number of aromatic carboxylic acids is 1. The van der Waals surface area contributed by atoms with Crippen molar-refractivity contribution in [3.05, 3.63) is 27.8 Å². The first-order valence-corrected chi connectivity index (χ1v) is 8.17. The topological polar surface area (TPSA) is 46.5 Å². The van der Waals surface area contributed by atoms with E-state index in [0.717, 1.165) is 34.8 Å². The van der Waals surface area contributed by atoms with Gasteiger partial charge in [0.05, 0.1) is 21.8 Å². The SMILES string of the molecule is COCCSC1Cc2c(Cl)c(C(=O)O)cc(C)c2S1. The van der Waals surface area contributed by atoms with E-state index in [-0.39, 0.29) is 5.56 Å². The Balaban J connectivity index is 2.20. The van der Waals surface area contributed by atoms with Crippen LogP contribution in [0, 0.1) is 6.92 Å². The van der Waals surface area contributed by atoms with Crippen molar-refractivity contribution in [2.45, 2.75) is 22.8 Å². The molecular weight excluding hydrogens is 304 g/mol. The zero-order valence-corrected chi connectivity index (χ0v) is 13.1. The summed E-state index contributed by atoms with van der Waals surface area (Å²) in [6.45, 7) is 2.67. The highest BCUT2D eigenvalue weighted by atomic mass is 35.5. The summed E-state index contributed by atoms with van der Waals surface area (Å²) in [5, 5.41) is 9.55. The van der Waals surface area contributed by atoms with Crippen LogP contribution in [-0.4, -0.2) is 35.1 Å². The Labute approximate surface area is 126 Å². The van der Waals surface area contributed by atoms with Crippen molar-refractivity contribution in [3.63, 3.8) is 0 Å². The van der Waals surface area contributed by atoms with Gasteiger partial charge < -0.3 is 9.84 Å². The molecule has 0 spiro atoms. The third-order valence-corrected chi connectivity index (χ3v) is 6.24. The molecule has 3 nitrogen and oxygen atoms in total. The first kappa shape index (κ1) is 15.0. The van der Waals surface area contributed by atoms with Gasteiger partial charge in [-0.2, -0.15) is 0 Å². The number of carboxylic acid groups (broad SMARTS) is 1. The van der Waals surface area contributed by atoms with Crippen molar-refractivity contribution in [3.8, 4) is 0 Å². The maximum absolute atomic E-state index is 11.2. The van der Waals surface area contributed by atoms with Crippen LogP contribution in [0.5, 0.6) is 0 Å². The lowest BCUT2D eigenvalue weighted by molar-refractivity contribution is 0.0697. The van der Waals surface area contributed by atoms with Crippen LogP contribution < -0.4 is 0 Å². The van der Waals surface area contributed by atoms with Crippen LogP contribution in [0.3, 0.4) is 0 Å². The minimum Gasteiger partial charge on any atom is -0.478 e. The average Bonchev–Trinajstić information content (AvgIpc) is 2.78. The summed E-state index contributed by atoms with van der Waals surface area (Å²) in [5.74, 6) is -0.0266. The average molecular weight is 319 g/mol. The Hall–Kier alpha value is -0.360. The minimum absolute atomic E-state index is 0.209. The van der Waals surface area contributed by atoms with Crippen molar-refractivity contribution >= 4 is 41.1 Å². The summed E-state index contributed by atoms with van der Waals surface area (Å²) in [5.41, 5.74) is 2.19. The molecule has 1 aliphatic rings. The summed E-state index contributed by atoms with van der Waals surface area (Å²) >= 11 is 9.83. The van der Waals surface area contributed by atoms with E-state index in [1.54, 1.807) is 24.9 Å². The maximum atomic E-state index is 11.2. The Kier molecular flexibility index (Phi) is 5.06. The molecule has 1 unspecified atom stereocenters. The fourth-order valence-corrected chi connectivity index (χ4v) is 5.15. The number of carboxylic acids is 1. The number of benzene rings is 1. The predicted octanol–water partition coefficient (Wildman–Crippen LogP) is 3.70. The van der Waals surface area contributed by atoms with E-state index < -0.39 is 5.97 Å². The molecule has 0 aliphatic carbocycles. The van der Waals surface area contributed by atoms with Crippen LogP contribution in [-0.2, 0) is 11.2 Å². The smallest absolute Gasteiger partial charge is 0.337 e. The zero-order valence-electron chi connectivity index (χ0n) is 10.7. The summed E-state index contributed by atoms with van der Waals surface area (Å²) in [6, 6.07) is 1.67. The van der Waals surface area contributed by atoms with Crippen molar-refractivity contribution in [2.24, 2.45) is 0 Å². The second-order valence-corrected chi connectivity index (χ2v) is 7.48. The second-order valence-electron chi connectivity index (χ2n) is 4.28. The first-order valence-electron chi connectivity index (χ1n) is 5.87. The van der Waals surface area contributed by atoms with Crippen molar-refractivity contribution in [1.29, 1.82) is 0 Å². The van der Waals surface area contributed by atoms with Crippen LogP contribution in [0.4, 0.5) is 0 Å². The van der Waals surface area contributed by atoms with E-state index in [1.807, 2.05) is 18.7 Å². The number of ether oxygens (including phenoxy) is 1. The van der Waals surface area contributed by atoms with Gasteiger partial charge in [0.1, 0.15) is 0 Å². The van der Waals surface area contributed by atoms with Gasteiger partial charge in [-0.05, 0) is 30.5 Å². The standard InChI is InChI=1S/C13H15ClO3S2/c1-7-5-9(13(15)16)11(14)8-6-10(19-12(7)8)18-4-3-17-2/h5,10H,3-4,6H2,1-2H3,(H,15,16). The number of aryl methyl sites for hydroxylation is 1. The monoisotopic (exact) mass is 318 g/mol. The molecule has 1 atom stereocenters. The van der Waals surface area contributed by atoms with E-state index in [9.17, 15) is 4.79 Å². The van der Waals surface area contributed by atoms with Crippen LogP contribution in [0.25, 0.3) is 0 Å². The number of hydrogen-bond donors (Lipinski definition) is 1. The molecule has 19 heavy (non-hydrogen) atoms. The Morgan fingerprint density at radius 3 is 3.05 bits per heavy atom. The molecule has 104 valence electrons. The van der Waals surface area contributed by atoms with E-state index in [2.05, 4.69) is 0 Å². The largest absolute Gasteiger partial charge is 0.478 e. The molecule has 1 aliphatic heterocycles. The Bertz CT molecular complexity index is 505. The lowest BCUT2D eigenvalue weighted by Crippen LogP contribution is -2.03. The van der Waals surface area contributed by atoms with Gasteiger partial charge in [0, 0.05) is 17.8 Å². The second kappa shape index (κ2) is 6.39. The molecule has 0 fully saturated rings. The van der Waals surface area contributed by atoms with Crippen molar-refractivity contribution in [2.75, 3.05) is 19.5 Å². The summed E-state index contributed by atoms with van der Waals surface area (Å²) in [4.78, 5) is 12.3. The first-order chi connectivity index (χ1) is 9.04. The quantitative estimate of drug-likeness (QED) is 0.839. The number of methoxy groups -OCH3 is 1. The van der Waals surface area contributed by atoms with Gasteiger partial charge in [-0.1, -0.05) is 11.6 Å². The summed E-state index contributed by atoms with van der Waals surface area (Å²) in [6.07, 6.45) is 0.815. The molecule has 1 heterocycles. The highest BCUT2D eigenvalue weighted by Gasteiger charge is 2.29. The number of fused-ring (bicyclic) bond motifs is 1. The Morgan fingerprint density at radius 2 is 2.42 bits per heavy atom. The summed E-state index contributed by atoms with van der Waals surface area (Å²) < 4.78 is 5.44. The molecule has 1 aromatic rings. The van der Waals surface area contributed by atoms with Crippen LogP contribution in [0.2, 0.25) is 5.02 Å². The highest BCUT2D eigenvalue weighted by molar-refractivity contribution is 8.17. The van der Waals surface area contributed by atoms with Crippen LogP contribution >= 0.6 is 35.1 Å². The van der Waals surface area contributed by atoms with Gasteiger partial charge in [0.15, 0.2) is 0 Å². The molecule has 0 radical (unpaired) electrons. The molecule has 2 rings (SSSR count). The molecular formula is C13H15ClO3S2. The van der Waals surface area contributed by atoms with Gasteiger partial charge in [-0.25, -0.2) is 4.79 Å². The number of carbonyl (C=O) groups is 1. The van der Waals surface area contributed by atoms with E-state index >= 15 is 0 Å². The van der Waals surface area contributed by atoms with Crippen LogP contribution in [0.1, 0.15) is 21.5 Å². The molecule has 0 bridgehead atoms. The Morgan fingerprint density at radius 1 is 1.68 bits per heavy atom. The number of rotatable bonds is 5. The van der Waals surface area contributed by atoms with E-state index in [4.69, 9.17) is 21.4 Å². The van der Waals surface area contributed by atoms with Gasteiger partial charge in [-0.3, -0.25) is 0 Å². The minimum atomic E-state index is -0.962. The van der Waals surface area contributed by atoms with Crippen LogP contribution in [0.15, 0.2) is 11.0 Å². The fourth-order valence-electron chi connectivity index (χ4n) is 2.04. The number of halogens is 1. The molecule has 6 heteroatoms. The van der Waals surface area contributed by atoms with Gasteiger partial charge >= 0.3 is 5.97 Å². The molecule has 0 saturated carbocycles. The van der Waals surface area contributed by atoms with Gasteiger partial charge in [0.2, 0.25) is 0 Å². The molecule has 0 saturated heterocycles. The maximum Gasteiger partial charge on any atom is 0.337 e. The van der Waals surface area contributed by atoms with Crippen molar-refractivity contribution in [1.82, 2.24) is 0 Å². The fraction of sp³-hybridized carbons (Fsp3) is 0.462. The molecule has 1 N–H and O–H groups in total. The highest BCUT2D eigenvalue weighted by Crippen LogP contribution is 2.47. The predicted molar refractivity (Wildman–Crippen MR) is 80.8 cm³/mol. The molecule has 0 amide bonds. The molecule has 0 aromatic heterocycles. The lowest BCUT2D eigenvalue weighted by Gasteiger charge is -2.08. The normalized spacial score (nSPS) is 17.5. The zero-order chi connectivity index (χ0) is 14.0. The third kappa shape index (κ3) is 3.21. The lowest BCUT2D eigenvalue weighted by atomic mass is 10.0. The summed E-state index contributed by atoms with van der Waals surface area (Å²) in [7, 11) is 1.69. The van der Waals surface area contributed by atoms with Crippen molar-refractivity contribution < 1.29 is 14.6 Å². The van der Waals surface area contributed by atoms with E-state index in [0.29, 0.717) is 9.60 Å². The number of hydrogen-bond acceptors (Lipinski definition) is 4. The number of thioether (sulfide) groups is 2. The van der Waals surface area contributed by atoms with Gasteiger partial charge in [-0.15, -0.1) is 23.5 Å². The third-order valence-electron chi connectivity index (χ3n) is 2.94. The van der Waals surface area contributed by atoms with Gasteiger partial charge in [0.25, 0.3) is 0 Å². The van der Waals surface area contributed by atoms with E-state index in [1.165, 1.54) is 0 Å².